The number of hydrogen-bond acceptors (Lipinski definition) is 5. The van der Waals surface area contributed by atoms with E-state index < -0.39 is 10.0 Å². The zero-order valence-corrected chi connectivity index (χ0v) is 20.3. The summed E-state index contributed by atoms with van der Waals surface area (Å²) in [6, 6.07) is 13.0. The topological polar surface area (TPSA) is 70.2 Å². The van der Waals surface area contributed by atoms with Crippen LogP contribution in [0, 0.1) is 6.92 Å². The van der Waals surface area contributed by atoms with E-state index in [0.29, 0.717) is 37.3 Å². The molecule has 0 atom stereocenters. The van der Waals surface area contributed by atoms with E-state index in [-0.39, 0.29) is 10.8 Å². The van der Waals surface area contributed by atoms with E-state index in [9.17, 15) is 13.2 Å². The fourth-order valence-corrected chi connectivity index (χ4v) is 6.38. The Balaban J connectivity index is 1.49. The summed E-state index contributed by atoms with van der Waals surface area (Å²) in [5, 5.41) is 0. The molecule has 2 aromatic rings. The van der Waals surface area contributed by atoms with Crippen LogP contribution in [0.1, 0.15) is 41.6 Å². The Morgan fingerprint density at radius 3 is 2.27 bits per heavy atom. The zero-order valence-electron chi connectivity index (χ0n) is 19.5. The maximum atomic E-state index is 13.3. The lowest BCUT2D eigenvalue weighted by Crippen LogP contribution is -2.37. The van der Waals surface area contributed by atoms with Gasteiger partial charge in [0.05, 0.1) is 12.0 Å². The number of methoxy groups -OCH3 is 1. The van der Waals surface area contributed by atoms with Crippen molar-refractivity contribution < 1.29 is 17.9 Å². The lowest BCUT2D eigenvalue weighted by molar-refractivity contribution is 0.0766. The van der Waals surface area contributed by atoms with Crippen molar-refractivity contribution in [2.24, 2.45) is 0 Å². The Morgan fingerprint density at radius 2 is 1.58 bits per heavy atom. The van der Waals surface area contributed by atoms with Crippen molar-refractivity contribution in [3.8, 4) is 5.75 Å². The molecule has 0 N–H and O–H groups in total. The summed E-state index contributed by atoms with van der Waals surface area (Å²) >= 11 is 0. The summed E-state index contributed by atoms with van der Waals surface area (Å²) < 4.78 is 33.3. The number of carbonyl (C=O) groups is 1. The molecular formula is C25H33N3O4S. The molecule has 7 nitrogen and oxygen atoms in total. The van der Waals surface area contributed by atoms with Crippen molar-refractivity contribution in [2.45, 2.75) is 37.5 Å². The van der Waals surface area contributed by atoms with Crippen LogP contribution in [0.5, 0.6) is 5.75 Å². The van der Waals surface area contributed by atoms with E-state index in [0.717, 1.165) is 50.2 Å². The molecule has 2 aliphatic heterocycles. The fraction of sp³-hybridized carbons (Fsp3) is 0.480. The number of aryl methyl sites for hydroxylation is 1. The number of anilines is 1. The molecule has 0 unspecified atom stereocenters. The van der Waals surface area contributed by atoms with Crippen molar-refractivity contribution in [1.29, 1.82) is 0 Å². The highest BCUT2D eigenvalue weighted by molar-refractivity contribution is 7.89. The SMILES string of the molecule is COc1ccc(N2CCCN(C(=O)c3ccc(C)c(S(=O)(=O)N4CCCCC4)c3)CC2)cc1. The molecule has 0 bridgehead atoms. The summed E-state index contributed by atoms with van der Waals surface area (Å²) in [6.45, 7) is 5.71. The summed E-state index contributed by atoms with van der Waals surface area (Å²) in [7, 11) is -1.94. The first-order valence-corrected chi connectivity index (χ1v) is 13.1. The molecule has 2 heterocycles. The number of piperidine rings is 1. The predicted molar refractivity (Wildman–Crippen MR) is 130 cm³/mol. The van der Waals surface area contributed by atoms with Crippen LogP contribution in [0.25, 0.3) is 0 Å². The Bertz CT molecular complexity index is 1080. The molecule has 2 aliphatic rings. The number of ether oxygens (including phenoxy) is 1. The van der Waals surface area contributed by atoms with E-state index in [2.05, 4.69) is 4.90 Å². The monoisotopic (exact) mass is 471 g/mol. The van der Waals surface area contributed by atoms with E-state index >= 15 is 0 Å². The van der Waals surface area contributed by atoms with Crippen LogP contribution in [0.4, 0.5) is 5.69 Å². The molecule has 33 heavy (non-hydrogen) atoms. The van der Waals surface area contributed by atoms with Gasteiger partial charge < -0.3 is 14.5 Å². The van der Waals surface area contributed by atoms with Gasteiger partial charge in [-0.3, -0.25) is 4.79 Å². The number of carbonyl (C=O) groups excluding carboxylic acids is 1. The number of benzene rings is 2. The van der Waals surface area contributed by atoms with Crippen molar-refractivity contribution in [3.05, 3.63) is 53.6 Å². The molecule has 0 radical (unpaired) electrons. The lowest BCUT2D eigenvalue weighted by atomic mass is 10.1. The van der Waals surface area contributed by atoms with Crippen molar-refractivity contribution in [1.82, 2.24) is 9.21 Å². The van der Waals surface area contributed by atoms with Crippen molar-refractivity contribution in [2.75, 3.05) is 51.3 Å². The van der Waals surface area contributed by atoms with Crippen LogP contribution in [-0.4, -0.2) is 69.9 Å². The number of hydrogen-bond donors (Lipinski definition) is 0. The third-order valence-corrected chi connectivity index (χ3v) is 8.63. The molecule has 2 aromatic carbocycles. The van der Waals surface area contributed by atoms with E-state index in [4.69, 9.17) is 4.74 Å². The van der Waals surface area contributed by atoms with Gasteiger partial charge in [0.2, 0.25) is 10.0 Å². The van der Waals surface area contributed by atoms with Gasteiger partial charge in [0.1, 0.15) is 5.75 Å². The smallest absolute Gasteiger partial charge is 0.253 e. The zero-order chi connectivity index (χ0) is 23.4. The largest absolute Gasteiger partial charge is 0.497 e. The maximum Gasteiger partial charge on any atom is 0.253 e. The molecule has 178 valence electrons. The first-order valence-electron chi connectivity index (χ1n) is 11.7. The lowest BCUT2D eigenvalue weighted by Gasteiger charge is -2.27. The van der Waals surface area contributed by atoms with E-state index in [1.165, 1.54) is 0 Å². The third-order valence-electron chi connectivity index (χ3n) is 6.59. The summed E-state index contributed by atoms with van der Waals surface area (Å²) in [4.78, 5) is 17.7. The quantitative estimate of drug-likeness (QED) is 0.667. The van der Waals surface area contributed by atoms with E-state index in [1.54, 1.807) is 36.5 Å². The molecule has 2 fully saturated rings. The standard InChI is InChI=1S/C25H33N3O4S/c1-20-7-8-21(19-24(20)33(30,31)28-15-4-3-5-16-28)25(29)27-14-6-13-26(17-18-27)22-9-11-23(32-2)12-10-22/h7-12,19H,3-6,13-18H2,1-2H3. The normalized spacial score (nSPS) is 18.1. The second kappa shape index (κ2) is 10.1. The Morgan fingerprint density at radius 1 is 0.848 bits per heavy atom. The van der Waals surface area contributed by atoms with Gasteiger partial charge in [0.25, 0.3) is 5.91 Å². The first kappa shape index (κ1) is 23.6. The van der Waals surface area contributed by atoms with Gasteiger partial charge in [-0.25, -0.2) is 8.42 Å². The molecular weight excluding hydrogens is 438 g/mol. The average Bonchev–Trinajstić information content (AvgIpc) is 3.11. The molecule has 1 amide bonds. The van der Waals surface area contributed by atoms with Crippen molar-refractivity contribution >= 4 is 21.6 Å². The molecule has 0 aliphatic carbocycles. The first-order chi connectivity index (χ1) is 15.9. The Labute approximate surface area is 197 Å². The van der Waals surface area contributed by atoms with Crippen LogP contribution in [-0.2, 0) is 10.0 Å². The highest BCUT2D eigenvalue weighted by atomic mass is 32.2. The highest BCUT2D eigenvalue weighted by Crippen LogP contribution is 2.26. The molecule has 0 saturated carbocycles. The summed E-state index contributed by atoms with van der Waals surface area (Å²) in [6.07, 6.45) is 3.68. The second-order valence-electron chi connectivity index (χ2n) is 8.78. The average molecular weight is 472 g/mol. The van der Waals surface area contributed by atoms with Crippen LogP contribution < -0.4 is 9.64 Å². The van der Waals surface area contributed by atoms with Gasteiger partial charge in [-0.05, 0) is 68.1 Å². The number of sulfonamides is 1. The predicted octanol–water partition coefficient (Wildman–Crippen LogP) is 3.53. The highest BCUT2D eigenvalue weighted by Gasteiger charge is 2.29. The summed E-state index contributed by atoms with van der Waals surface area (Å²) in [5.41, 5.74) is 2.23. The Hall–Kier alpha value is -2.58. The van der Waals surface area contributed by atoms with Gasteiger partial charge in [-0.2, -0.15) is 4.31 Å². The van der Waals surface area contributed by atoms with Gasteiger partial charge >= 0.3 is 0 Å². The fourth-order valence-electron chi connectivity index (χ4n) is 4.61. The molecule has 0 aromatic heterocycles. The minimum atomic E-state index is -3.59. The van der Waals surface area contributed by atoms with Gasteiger partial charge in [-0.15, -0.1) is 0 Å². The van der Waals surface area contributed by atoms with Crippen molar-refractivity contribution in [3.63, 3.8) is 0 Å². The van der Waals surface area contributed by atoms with Crippen LogP contribution in [0.3, 0.4) is 0 Å². The minimum absolute atomic E-state index is 0.110. The minimum Gasteiger partial charge on any atom is -0.497 e. The van der Waals surface area contributed by atoms with Gasteiger partial charge in [0.15, 0.2) is 0 Å². The van der Waals surface area contributed by atoms with Crippen LogP contribution in [0.2, 0.25) is 0 Å². The van der Waals surface area contributed by atoms with Crippen LogP contribution in [0.15, 0.2) is 47.4 Å². The van der Waals surface area contributed by atoms with E-state index in [1.807, 2.05) is 29.2 Å². The number of rotatable bonds is 5. The maximum absolute atomic E-state index is 13.3. The van der Waals surface area contributed by atoms with Gasteiger partial charge in [0, 0.05) is 50.5 Å². The Kier molecular flexibility index (Phi) is 7.24. The third kappa shape index (κ3) is 5.17. The van der Waals surface area contributed by atoms with Gasteiger partial charge in [-0.1, -0.05) is 12.5 Å². The molecule has 8 heteroatoms. The van der Waals surface area contributed by atoms with Crippen LogP contribution >= 0.6 is 0 Å². The summed E-state index contributed by atoms with van der Waals surface area (Å²) in [5.74, 6) is 0.710. The molecule has 2 saturated heterocycles. The molecule has 4 rings (SSSR count). The number of amides is 1. The second-order valence-corrected chi connectivity index (χ2v) is 10.7. The number of nitrogens with zero attached hydrogens (tertiary/aromatic N) is 3. The molecule has 0 spiro atoms.